The van der Waals surface area contributed by atoms with Crippen LogP contribution < -0.4 is 15.0 Å². The molecular weight excluding hydrogens is 313 g/mol. The number of benzene rings is 1. The minimum absolute atomic E-state index is 0.00529. The second-order valence-electron chi connectivity index (χ2n) is 5.33. The first-order valence-corrected chi connectivity index (χ1v) is 7.56. The van der Waals surface area contributed by atoms with Gasteiger partial charge in [-0.1, -0.05) is 0 Å². The fourth-order valence-corrected chi connectivity index (χ4v) is 2.44. The molecule has 0 saturated carbocycles. The number of ether oxygens (including phenoxy) is 1. The number of hydrogen-bond acceptors (Lipinski definition) is 4. The summed E-state index contributed by atoms with van der Waals surface area (Å²) in [7, 11) is 0. The molecule has 1 aromatic carbocycles. The molecule has 24 heavy (non-hydrogen) atoms. The van der Waals surface area contributed by atoms with Gasteiger partial charge in [-0.05, 0) is 36.8 Å². The molecule has 1 aliphatic heterocycles. The smallest absolute Gasteiger partial charge is 0.244 e. The van der Waals surface area contributed by atoms with Gasteiger partial charge >= 0.3 is 0 Å². The molecule has 2 heterocycles. The number of halogens is 1. The molecule has 7 heteroatoms. The standard InChI is InChI=1S/C17H16FN3O3/c18-12-3-5-13(6-4-12)24-9-1-2-17(23)21-11-16(22)20-14-10-19-8-7-15(14)21/h3-8,10H,1-2,9,11H2,(H,20,22). The zero-order valence-corrected chi connectivity index (χ0v) is 12.9. The zero-order chi connectivity index (χ0) is 16.9. The molecule has 2 aromatic rings. The van der Waals surface area contributed by atoms with E-state index >= 15 is 0 Å². The van der Waals surface area contributed by atoms with E-state index in [9.17, 15) is 14.0 Å². The molecule has 0 unspecified atom stereocenters. The second kappa shape index (κ2) is 7.08. The SMILES string of the molecule is O=C1CN(C(=O)CCCOc2ccc(F)cc2)c2ccncc2N1. The van der Waals surface area contributed by atoms with Crippen molar-refractivity contribution in [1.82, 2.24) is 4.98 Å². The zero-order valence-electron chi connectivity index (χ0n) is 12.9. The molecule has 1 aromatic heterocycles. The molecule has 0 fully saturated rings. The maximum Gasteiger partial charge on any atom is 0.244 e. The molecule has 124 valence electrons. The van der Waals surface area contributed by atoms with Crippen LogP contribution in [0.2, 0.25) is 0 Å². The Balaban J connectivity index is 1.54. The highest BCUT2D eigenvalue weighted by atomic mass is 19.1. The largest absolute Gasteiger partial charge is 0.494 e. The Morgan fingerprint density at radius 3 is 2.88 bits per heavy atom. The average molecular weight is 329 g/mol. The highest BCUT2D eigenvalue weighted by Gasteiger charge is 2.26. The number of aromatic nitrogens is 1. The van der Waals surface area contributed by atoms with Gasteiger partial charge in [0.2, 0.25) is 11.8 Å². The minimum Gasteiger partial charge on any atom is -0.494 e. The minimum atomic E-state index is -0.325. The third-order valence-electron chi connectivity index (χ3n) is 3.58. The number of carbonyl (C=O) groups is 2. The topological polar surface area (TPSA) is 71.5 Å². The predicted octanol–water partition coefficient (Wildman–Crippen LogP) is 2.36. The third kappa shape index (κ3) is 3.68. The van der Waals surface area contributed by atoms with E-state index in [1.807, 2.05) is 0 Å². The van der Waals surface area contributed by atoms with E-state index in [0.29, 0.717) is 30.2 Å². The summed E-state index contributed by atoms with van der Waals surface area (Å²) in [6.07, 6.45) is 3.84. The molecule has 0 bridgehead atoms. The lowest BCUT2D eigenvalue weighted by Crippen LogP contribution is -2.42. The number of anilines is 2. The van der Waals surface area contributed by atoms with Crippen molar-refractivity contribution in [3.63, 3.8) is 0 Å². The summed E-state index contributed by atoms with van der Waals surface area (Å²) in [4.78, 5) is 29.5. The van der Waals surface area contributed by atoms with Gasteiger partial charge in [-0.3, -0.25) is 14.6 Å². The highest BCUT2D eigenvalue weighted by molar-refractivity contribution is 6.09. The van der Waals surface area contributed by atoms with Gasteiger partial charge < -0.3 is 15.0 Å². The fraction of sp³-hybridized carbons (Fsp3) is 0.235. The number of amides is 2. The molecule has 0 atom stereocenters. The van der Waals surface area contributed by atoms with Crippen LogP contribution in [0, 0.1) is 5.82 Å². The van der Waals surface area contributed by atoms with E-state index in [4.69, 9.17) is 4.74 Å². The van der Waals surface area contributed by atoms with Crippen molar-refractivity contribution in [2.45, 2.75) is 12.8 Å². The van der Waals surface area contributed by atoms with Crippen molar-refractivity contribution >= 4 is 23.2 Å². The van der Waals surface area contributed by atoms with Crippen LogP contribution in [0.15, 0.2) is 42.7 Å². The van der Waals surface area contributed by atoms with Crippen LogP contribution in [0.4, 0.5) is 15.8 Å². The van der Waals surface area contributed by atoms with Gasteiger partial charge in [-0.2, -0.15) is 0 Å². The van der Waals surface area contributed by atoms with Crippen LogP contribution in [0.1, 0.15) is 12.8 Å². The van der Waals surface area contributed by atoms with Crippen LogP contribution in [-0.4, -0.2) is 29.9 Å². The lowest BCUT2D eigenvalue weighted by molar-refractivity contribution is -0.122. The third-order valence-corrected chi connectivity index (χ3v) is 3.58. The average Bonchev–Trinajstić information content (AvgIpc) is 2.59. The number of nitrogens with zero attached hydrogens (tertiary/aromatic N) is 2. The molecule has 2 amide bonds. The first-order valence-electron chi connectivity index (χ1n) is 7.56. The van der Waals surface area contributed by atoms with E-state index in [0.717, 1.165) is 0 Å². The fourth-order valence-electron chi connectivity index (χ4n) is 2.44. The summed E-state index contributed by atoms with van der Waals surface area (Å²) in [5.74, 6) is -0.168. The Morgan fingerprint density at radius 2 is 2.08 bits per heavy atom. The summed E-state index contributed by atoms with van der Waals surface area (Å²) in [6, 6.07) is 7.40. The van der Waals surface area contributed by atoms with Crippen molar-refractivity contribution in [1.29, 1.82) is 0 Å². The Morgan fingerprint density at radius 1 is 1.29 bits per heavy atom. The van der Waals surface area contributed by atoms with Crippen molar-refractivity contribution < 1.29 is 18.7 Å². The molecule has 0 radical (unpaired) electrons. The lowest BCUT2D eigenvalue weighted by atomic mass is 10.2. The summed E-state index contributed by atoms with van der Waals surface area (Å²) < 4.78 is 18.3. The molecule has 3 rings (SSSR count). The van der Waals surface area contributed by atoms with Gasteiger partial charge in [0.25, 0.3) is 0 Å². The summed E-state index contributed by atoms with van der Waals surface area (Å²) in [5, 5.41) is 2.69. The molecule has 6 nitrogen and oxygen atoms in total. The molecule has 0 aliphatic carbocycles. The number of carbonyl (C=O) groups excluding carboxylic acids is 2. The number of fused-ring (bicyclic) bond motifs is 1. The van der Waals surface area contributed by atoms with Gasteiger partial charge in [0.05, 0.1) is 24.2 Å². The van der Waals surface area contributed by atoms with E-state index in [-0.39, 0.29) is 30.6 Å². The van der Waals surface area contributed by atoms with Crippen molar-refractivity contribution in [2.24, 2.45) is 0 Å². The summed E-state index contributed by atoms with van der Waals surface area (Å²) >= 11 is 0. The van der Waals surface area contributed by atoms with E-state index < -0.39 is 0 Å². The van der Waals surface area contributed by atoms with Crippen LogP contribution in [0.3, 0.4) is 0 Å². The van der Waals surface area contributed by atoms with E-state index in [1.165, 1.54) is 35.4 Å². The Kier molecular flexibility index (Phi) is 4.69. The van der Waals surface area contributed by atoms with Gasteiger partial charge in [0, 0.05) is 12.6 Å². The lowest BCUT2D eigenvalue weighted by Gasteiger charge is -2.28. The molecule has 0 spiro atoms. The number of pyridine rings is 1. The Bertz CT molecular complexity index is 749. The van der Waals surface area contributed by atoms with E-state index in [2.05, 4.69) is 10.3 Å². The second-order valence-corrected chi connectivity index (χ2v) is 5.33. The normalized spacial score (nSPS) is 13.2. The maximum atomic E-state index is 12.8. The first-order chi connectivity index (χ1) is 11.6. The molecular formula is C17H16FN3O3. The van der Waals surface area contributed by atoms with Crippen LogP contribution in [0.25, 0.3) is 0 Å². The summed E-state index contributed by atoms with van der Waals surface area (Å²) in [6.45, 7) is 0.329. The van der Waals surface area contributed by atoms with Gasteiger partial charge in [0.1, 0.15) is 18.1 Å². The van der Waals surface area contributed by atoms with Crippen molar-refractivity contribution in [2.75, 3.05) is 23.4 Å². The molecule has 0 saturated heterocycles. The maximum absolute atomic E-state index is 12.8. The Hall–Kier alpha value is -2.96. The Labute approximate surface area is 138 Å². The number of rotatable bonds is 5. The number of nitrogens with one attached hydrogen (secondary N) is 1. The predicted molar refractivity (Wildman–Crippen MR) is 86.3 cm³/mol. The van der Waals surface area contributed by atoms with Crippen molar-refractivity contribution in [3.05, 3.63) is 48.5 Å². The molecule has 1 N–H and O–H groups in total. The quantitative estimate of drug-likeness (QED) is 0.855. The van der Waals surface area contributed by atoms with Crippen LogP contribution >= 0.6 is 0 Å². The first kappa shape index (κ1) is 15.9. The van der Waals surface area contributed by atoms with Gasteiger partial charge in [-0.15, -0.1) is 0 Å². The van der Waals surface area contributed by atoms with Gasteiger partial charge in [0.15, 0.2) is 0 Å². The van der Waals surface area contributed by atoms with Crippen molar-refractivity contribution in [3.8, 4) is 5.75 Å². The number of hydrogen-bond donors (Lipinski definition) is 1. The monoisotopic (exact) mass is 329 g/mol. The highest BCUT2D eigenvalue weighted by Crippen LogP contribution is 2.28. The van der Waals surface area contributed by atoms with E-state index in [1.54, 1.807) is 12.3 Å². The van der Waals surface area contributed by atoms with Gasteiger partial charge in [-0.25, -0.2) is 4.39 Å². The van der Waals surface area contributed by atoms with Crippen LogP contribution in [-0.2, 0) is 9.59 Å². The molecule has 1 aliphatic rings. The summed E-state index contributed by atoms with van der Waals surface area (Å²) in [5.41, 5.74) is 1.18. The van der Waals surface area contributed by atoms with Crippen LogP contribution in [0.5, 0.6) is 5.75 Å².